The van der Waals surface area contributed by atoms with E-state index in [1.165, 1.54) is 17.3 Å². The van der Waals surface area contributed by atoms with Crippen LogP contribution in [-0.2, 0) is 15.8 Å². The number of nitrogens with zero attached hydrogens (tertiary/aromatic N) is 2. The molecular weight excluding hydrogens is 328 g/mol. The number of benzene rings is 2. The predicted molar refractivity (Wildman–Crippen MR) is 96.6 cm³/mol. The van der Waals surface area contributed by atoms with Crippen LogP contribution in [0.2, 0.25) is 0 Å². The third kappa shape index (κ3) is 3.28. The lowest BCUT2D eigenvalue weighted by Gasteiger charge is -2.29. The van der Waals surface area contributed by atoms with Gasteiger partial charge in [0, 0.05) is 12.3 Å². The number of para-hydroxylation sites is 1. The quantitative estimate of drug-likeness (QED) is 0.848. The first-order chi connectivity index (χ1) is 11.0. The Morgan fingerprint density at radius 2 is 1.78 bits per heavy atom. The van der Waals surface area contributed by atoms with Crippen molar-refractivity contribution in [3.8, 4) is 0 Å². The summed E-state index contributed by atoms with van der Waals surface area (Å²) in [5, 5.41) is 0.534. The van der Waals surface area contributed by atoms with Gasteiger partial charge < -0.3 is 4.90 Å². The molecule has 0 saturated heterocycles. The van der Waals surface area contributed by atoms with Gasteiger partial charge in [0.1, 0.15) is 4.90 Å². The predicted octanol–water partition coefficient (Wildman–Crippen LogP) is 3.81. The molecule has 0 spiro atoms. The first-order valence-corrected chi connectivity index (χ1v) is 9.83. The number of sulfonamides is 1. The smallest absolute Gasteiger partial charge is 0.286 e. The van der Waals surface area contributed by atoms with E-state index < -0.39 is 10.0 Å². The van der Waals surface area contributed by atoms with E-state index in [9.17, 15) is 8.42 Å². The maximum Gasteiger partial charge on any atom is 0.286 e. The highest BCUT2D eigenvalue weighted by atomic mass is 32.2. The number of aryl methyl sites for hydroxylation is 1. The third-order valence-corrected chi connectivity index (χ3v) is 6.15. The van der Waals surface area contributed by atoms with Crippen LogP contribution in [-0.4, -0.2) is 20.1 Å². The SMILES string of the molecule is CCN1C(SCc2ccc(C)cc2)=NS(=O)(=O)c2ccccc21. The monoisotopic (exact) mass is 346 g/mol. The van der Waals surface area contributed by atoms with E-state index in [4.69, 9.17) is 0 Å². The van der Waals surface area contributed by atoms with Gasteiger partial charge in [0.05, 0.1) is 5.69 Å². The highest BCUT2D eigenvalue weighted by Crippen LogP contribution is 2.34. The molecule has 0 aromatic heterocycles. The first kappa shape index (κ1) is 16.1. The Kier molecular flexibility index (Phi) is 4.46. The van der Waals surface area contributed by atoms with Gasteiger partial charge in [0.2, 0.25) is 0 Å². The molecule has 0 N–H and O–H groups in total. The molecule has 1 aliphatic rings. The summed E-state index contributed by atoms with van der Waals surface area (Å²) in [7, 11) is -3.62. The molecule has 0 bridgehead atoms. The van der Waals surface area contributed by atoms with Gasteiger partial charge in [-0.1, -0.05) is 53.7 Å². The summed E-state index contributed by atoms with van der Waals surface area (Å²) in [6, 6.07) is 15.3. The minimum absolute atomic E-state index is 0.279. The van der Waals surface area contributed by atoms with Crippen molar-refractivity contribution in [2.45, 2.75) is 24.5 Å². The lowest BCUT2D eigenvalue weighted by molar-refractivity contribution is 0.597. The van der Waals surface area contributed by atoms with Crippen molar-refractivity contribution in [3.63, 3.8) is 0 Å². The second-order valence-electron chi connectivity index (χ2n) is 5.34. The molecule has 0 amide bonds. The van der Waals surface area contributed by atoms with E-state index in [-0.39, 0.29) is 4.90 Å². The summed E-state index contributed by atoms with van der Waals surface area (Å²) in [5.41, 5.74) is 3.06. The van der Waals surface area contributed by atoms with Gasteiger partial charge in [-0.15, -0.1) is 4.40 Å². The molecule has 120 valence electrons. The van der Waals surface area contributed by atoms with Crippen LogP contribution in [0.5, 0.6) is 0 Å². The average molecular weight is 346 g/mol. The summed E-state index contributed by atoms with van der Waals surface area (Å²) < 4.78 is 28.8. The maximum atomic E-state index is 12.4. The van der Waals surface area contributed by atoms with E-state index in [2.05, 4.69) is 28.7 Å². The van der Waals surface area contributed by atoms with Crippen LogP contribution >= 0.6 is 11.8 Å². The lowest BCUT2D eigenvalue weighted by Crippen LogP contribution is -2.33. The Balaban J connectivity index is 1.89. The summed E-state index contributed by atoms with van der Waals surface area (Å²) in [5.74, 6) is 0.688. The number of fused-ring (bicyclic) bond motifs is 1. The Bertz CT molecular complexity index is 843. The topological polar surface area (TPSA) is 49.7 Å². The van der Waals surface area contributed by atoms with E-state index in [1.54, 1.807) is 12.1 Å². The number of rotatable bonds is 3. The molecule has 1 aliphatic heterocycles. The molecule has 2 aromatic rings. The molecule has 6 heteroatoms. The maximum absolute atomic E-state index is 12.4. The summed E-state index contributed by atoms with van der Waals surface area (Å²) in [6.07, 6.45) is 0. The van der Waals surface area contributed by atoms with Crippen molar-refractivity contribution in [1.82, 2.24) is 0 Å². The zero-order valence-electron chi connectivity index (χ0n) is 13.1. The van der Waals surface area contributed by atoms with Gasteiger partial charge in [0.25, 0.3) is 10.0 Å². The fraction of sp³-hybridized carbons (Fsp3) is 0.235. The van der Waals surface area contributed by atoms with Crippen LogP contribution in [0.1, 0.15) is 18.1 Å². The van der Waals surface area contributed by atoms with Crippen LogP contribution in [0.15, 0.2) is 57.8 Å². The molecule has 1 heterocycles. The molecule has 0 atom stereocenters. The Labute approximate surface area is 141 Å². The number of amidine groups is 1. The molecule has 0 radical (unpaired) electrons. The van der Waals surface area contributed by atoms with Gasteiger partial charge in [-0.2, -0.15) is 8.42 Å². The van der Waals surface area contributed by atoms with Crippen LogP contribution in [0.3, 0.4) is 0 Å². The van der Waals surface area contributed by atoms with Crippen LogP contribution < -0.4 is 4.90 Å². The largest absolute Gasteiger partial charge is 0.319 e. The minimum Gasteiger partial charge on any atom is -0.319 e. The average Bonchev–Trinajstić information content (AvgIpc) is 2.54. The highest BCUT2D eigenvalue weighted by Gasteiger charge is 2.29. The molecule has 3 rings (SSSR count). The molecule has 23 heavy (non-hydrogen) atoms. The molecule has 2 aromatic carbocycles. The highest BCUT2D eigenvalue weighted by molar-refractivity contribution is 8.14. The van der Waals surface area contributed by atoms with Crippen molar-refractivity contribution < 1.29 is 8.42 Å². The third-order valence-electron chi connectivity index (χ3n) is 3.67. The molecule has 4 nitrogen and oxygen atoms in total. The van der Waals surface area contributed by atoms with Crippen LogP contribution in [0, 0.1) is 6.92 Å². The number of anilines is 1. The van der Waals surface area contributed by atoms with Gasteiger partial charge in [-0.25, -0.2) is 0 Å². The molecule has 0 aliphatic carbocycles. The number of thioether (sulfide) groups is 1. The van der Waals surface area contributed by atoms with Gasteiger partial charge in [0.15, 0.2) is 5.17 Å². The van der Waals surface area contributed by atoms with Gasteiger partial charge in [-0.05, 0) is 31.5 Å². The normalized spacial score (nSPS) is 15.9. The van der Waals surface area contributed by atoms with Crippen molar-refractivity contribution in [2.24, 2.45) is 4.40 Å². The zero-order chi connectivity index (χ0) is 16.4. The second-order valence-corrected chi connectivity index (χ2v) is 7.85. The Morgan fingerprint density at radius 3 is 2.48 bits per heavy atom. The molecule has 0 fully saturated rings. The van der Waals surface area contributed by atoms with E-state index in [0.29, 0.717) is 23.2 Å². The first-order valence-electron chi connectivity index (χ1n) is 7.41. The van der Waals surface area contributed by atoms with E-state index in [1.807, 2.05) is 30.9 Å². The Hall–Kier alpha value is -1.79. The number of hydrogen-bond donors (Lipinski definition) is 0. The Morgan fingerprint density at radius 1 is 1.09 bits per heavy atom. The van der Waals surface area contributed by atoms with E-state index >= 15 is 0 Å². The fourth-order valence-electron chi connectivity index (χ4n) is 2.44. The van der Waals surface area contributed by atoms with Crippen LogP contribution in [0.4, 0.5) is 5.69 Å². The van der Waals surface area contributed by atoms with Crippen molar-refractivity contribution in [3.05, 3.63) is 59.7 Å². The molecular formula is C17H18N2O2S2. The fourth-order valence-corrected chi connectivity index (χ4v) is 4.92. The minimum atomic E-state index is -3.62. The second kappa shape index (κ2) is 6.37. The van der Waals surface area contributed by atoms with Crippen LogP contribution in [0.25, 0.3) is 0 Å². The molecule has 0 saturated carbocycles. The van der Waals surface area contributed by atoms with Crippen molar-refractivity contribution in [1.29, 1.82) is 0 Å². The summed E-state index contributed by atoms with van der Waals surface area (Å²) >= 11 is 1.45. The van der Waals surface area contributed by atoms with Crippen molar-refractivity contribution in [2.75, 3.05) is 11.4 Å². The van der Waals surface area contributed by atoms with Gasteiger partial charge >= 0.3 is 0 Å². The summed E-state index contributed by atoms with van der Waals surface area (Å²) in [4.78, 5) is 2.23. The van der Waals surface area contributed by atoms with Gasteiger partial charge in [-0.3, -0.25) is 0 Å². The standard InChI is InChI=1S/C17H18N2O2S2/c1-3-19-15-6-4-5-7-16(15)23(20,21)18-17(19)22-12-14-10-8-13(2)9-11-14/h4-11H,3,12H2,1-2H3. The molecule has 0 unspecified atom stereocenters. The van der Waals surface area contributed by atoms with E-state index in [0.717, 1.165) is 5.56 Å². The van der Waals surface area contributed by atoms with Crippen molar-refractivity contribution >= 4 is 32.6 Å². The number of hydrogen-bond acceptors (Lipinski definition) is 4. The zero-order valence-corrected chi connectivity index (χ0v) is 14.7. The summed E-state index contributed by atoms with van der Waals surface area (Å²) in [6.45, 7) is 4.72. The lowest BCUT2D eigenvalue weighted by atomic mass is 10.2.